The molecule has 1 aliphatic carbocycles. The van der Waals surface area contributed by atoms with E-state index in [1.807, 2.05) is 54.0 Å². The standard InChI is InChI=1S/C26H31N3O3/c1-2-6-19-11-12-22-23-20(15-28(22)26(19)32)21(16-30)24(25(31)27-13-17-9-10-17)29(23)14-18-7-4-3-5-8-18/h2-8,11-12,17,20-21,23-24,30H,9-10,13-16H2,1H3,(H,27,31)/b6-2+/t20-,21-,23+,24-/m1/s1. The van der Waals surface area contributed by atoms with Crippen molar-refractivity contribution in [1.29, 1.82) is 0 Å². The molecular weight excluding hydrogens is 402 g/mol. The molecule has 1 saturated carbocycles. The summed E-state index contributed by atoms with van der Waals surface area (Å²) in [5, 5.41) is 13.5. The number of likely N-dealkylation sites (tertiary alicyclic amines) is 1. The molecule has 2 aromatic rings. The molecule has 1 aromatic carbocycles. The molecule has 2 N–H and O–H groups in total. The fourth-order valence-electron chi connectivity index (χ4n) is 5.57. The number of rotatable bonds is 7. The van der Waals surface area contributed by atoms with Crippen LogP contribution >= 0.6 is 0 Å². The first-order valence-electron chi connectivity index (χ1n) is 11.7. The van der Waals surface area contributed by atoms with E-state index in [9.17, 15) is 14.7 Å². The lowest BCUT2D eigenvalue weighted by Gasteiger charge is -2.31. The molecule has 6 nitrogen and oxygen atoms in total. The largest absolute Gasteiger partial charge is 0.396 e. The summed E-state index contributed by atoms with van der Waals surface area (Å²) in [7, 11) is 0. The van der Waals surface area contributed by atoms with Crippen LogP contribution in [0.4, 0.5) is 0 Å². The molecule has 3 aliphatic rings. The zero-order chi connectivity index (χ0) is 22.2. The SMILES string of the molecule is C/C=C/c1ccc2n(c1=O)C[C@@H]1[C@@H](CO)[C@H](C(=O)NCC3CC3)N(Cc3ccccc3)[C@H]21. The van der Waals surface area contributed by atoms with Gasteiger partial charge in [-0.15, -0.1) is 0 Å². The minimum absolute atomic E-state index is 0.000662. The Morgan fingerprint density at radius 3 is 2.66 bits per heavy atom. The summed E-state index contributed by atoms with van der Waals surface area (Å²) in [5.41, 5.74) is 2.74. The minimum atomic E-state index is -0.409. The number of carbonyl (C=O) groups is 1. The van der Waals surface area contributed by atoms with E-state index < -0.39 is 6.04 Å². The summed E-state index contributed by atoms with van der Waals surface area (Å²) in [6, 6.07) is 13.6. The first kappa shape index (κ1) is 21.2. The Labute approximate surface area is 188 Å². The summed E-state index contributed by atoms with van der Waals surface area (Å²) in [6.45, 7) is 3.68. The normalized spacial score (nSPS) is 26.9. The number of nitrogens with one attached hydrogen (secondary N) is 1. The number of allylic oxidation sites excluding steroid dienone is 1. The summed E-state index contributed by atoms with van der Waals surface area (Å²) < 4.78 is 1.85. The zero-order valence-corrected chi connectivity index (χ0v) is 18.5. The Kier molecular flexibility index (Phi) is 5.74. The van der Waals surface area contributed by atoms with Crippen molar-refractivity contribution in [2.24, 2.45) is 17.8 Å². The highest BCUT2D eigenvalue weighted by Crippen LogP contribution is 2.49. The van der Waals surface area contributed by atoms with Crippen LogP contribution in [0.25, 0.3) is 6.08 Å². The van der Waals surface area contributed by atoms with Gasteiger partial charge >= 0.3 is 0 Å². The van der Waals surface area contributed by atoms with Crippen LogP contribution < -0.4 is 10.9 Å². The maximum absolute atomic E-state index is 13.4. The Morgan fingerprint density at radius 1 is 1.19 bits per heavy atom. The van der Waals surface area contributed by atoms with Gasteiger partial charge in [-0.3, -0.25) is 14.5 Å². The van der Waals surface area contributed by atoms with Crippen LogP contribution in [0, 0.1) is 17.8 Å². The van der Waals surface area contributed by atoms with E-state index in [0.717, 1.165) is 11.3 Å². The molecule has 2 fully saturated rings. The van der Waals surface area contributed by atoms with Crippen LogP contribution in [0.1, 0.15) is 42.6 Å². The minimum Gasteiger partial charge on any atom is -0.396 e. The molecule has 1 aromatic heterocycles. The van der Waals surface area contributed by atoms with Crippen molar-refractivity contribution < 1.29 is 9.90 Å². The number of hydrogen-bond acceptors (Lipinski definition) is 4. The second kappa shape index (κ2) is 8.68. The van der Waals surface area contributed by atoms with Gasteiger partial charge in [0.1, 0.15) is 0 Å². The molecular formula is C26H31N3O3. The van der Waals surface area contributed by atoms with Crippen LogP contribution in [0.5, 0.6) is 0 Å². The molecule has 1 amide bonds. The fraction of sp³-hybridized carbons (Fsp3) is 0.462. The molecule has 168 valence electrons. The highest BCUT2D eigenvalue weighted by atomic mass is 16.3. The number of benzene rings is 1. The quantitative estimate of drug-likeness (QED) is 0.704. The van der Waals surface area contributed by atoms with Crippen LogP contribution in [0.15, 0.2) is 53.3 Å². The van der Waals surface area contributed by atoms with Gasteiger partial charge in [-0.25, -0.2) is 0 Å². The lowest BCUT2D eigenvalue weighted by Crippen LogP contribution is -2.48. The maximum atomic E-state index is 13.4. The van der Waals surface area contributed by atoms with Crippen LogP contribution in [0.2, 0.25) is 0 Å². The molecule has 0 unspecified atom stereocenters. The van der Waals surface area contributed by atoms with Crippen molar-refractivity contribution in [1.82, 2.24) is 14.8 Å². The first-order valence-corrected chi connectivity index (χ1v) is 11.7. The molecule has 2 aliphatic heterocycles. The second-order valence-corrected chi connectivity index (χ2v) is 9.38. The van der Waals surface area contributed by atoms with E-state index in [2.05, 4.69) is 22.3 Å². The zero-order valence-electron chi connectivity index (χ0n) is 18.5. The predicted molar refractivity (Wildman–Crippen MR) is 124 cm³/mol. The molecule has 4 atom stereocenters. The third-order valence-electron chi connectivity index (χ3n) is 7.31. The predicted octanol–water partition coefficient (Wildman–Crippen LogP) is 2.57. The van der Waals surface area contributed by atoms with Gasteiger partial charge in [0.05, 0.1) is 12.1 Å². The highest BCUT2D eigenvalue weighted by molar-refractivity contribution is 5.83. The van der Waals surface area contributed by atoms with Crippen molar-refractivity contribution in [3.05, 3.63) is 75.7 Å². The van der Waals surface area contributed by atoms with Gasteiger partial charge in [-0.1, -0.05) is 42.5 Å². The molecule has 0 spiro atoms. The molecule has 3 heterocycles. The third kappa shape index (κ3) is 3.71. The molecule has 1 saturated heterocycles. The highest BCUT2D eigenvalue weighted by Gasteiger charge is 2.55. The van der Waals surface area contributed by atoms with E-state index >= 15 is 0 Å². The summed E-state index contributed by atoms with van der Waals surface area (Å²) in [6.07, 6.45) is 6.07. The average Bonchev–Trinajstić information content (AvgIpc) is 3.48. The van der Waals surface area contributed by atoms with E-state index in [4.69, 9.17) is 0 Å². The van der Waals surface area contributed by atoms with Crippen molar-refractivity contribution in [3.63, 3.8) is 0 Å². The third-order valence-corrected chi connectivity index (χ3v) is 7.31. The van der Waals surface area contributed by atoms with Gasteiger partial charge in [0, 0.05) is 49.3 Å². The van der Waals surface area contributed by atoms with E-state index in [-0.39, 0.29) is 36.0 Å². The number of aliphatic hydroxyl groups excluding tert-OH is 1. The number of aromatic nitrogens is 1. The molecule has 6 heteroatoms. The summed E-state index contributed by atoms with van der Waals surface area (Å²) in [4.78, 5) is 28.7. The van der Waals surface area contributed by atoms with Crippen molar-refractivity contribution in [3.8, 4) is 0 Å². The topological polar surface area (TPSA) is 74.6 Å². The van der Waals surface area contributed by atoms with Gasteiger partial charge in [-0.05, 0) is 43.4 Å². The molecule has 0 radical (unpaired) electrons. The van der Waals surface area contributed by atoms with Gasteiger partial charge in [0.25, 0.3) is 5.56 Å². The van der Waals surface area contributed by atoms with Gasteiger partial charge in [0.2, 0.25) is 5.91 Å². The Morgan fingerprint density at radius 2 is 1.97 bits per heavy atom. The van der Waals surface area contributed by atoms with E-state index in [0.29, 0.717) is 31.1 Å². The summed E-state index contributed by atoms with van der Waals surface area (Å²) in [5.74, 6) is 0.404. The number of hydrogen-bond donors (Lipinski definition) is 2. The lowest BCUT2D eigenvalue weighted by molar-refractivity contribution is -0.128. The van der Waals surface area contributed by atoms with Gasteiger partial charge in [-0.2, -0.15) is 0 Å². The van der Waals surface area contributed by atoms with Crippen molar-refractivity contribution in [2.45, 2.75) is 44.9 Å². The number of fused-ring (bicyclic) bond motifs is 3. The number of amides is 1. The number of nitrogens with zero attached hydrogens (tertiary/aromatic N) is 2. The molecule has 5 rings (SSSR count). The lowest BCUT2D eigenvalue weighted by atomic mass is 9.88. The Bertz CT molecular complexity index is 1070. The smallest absolute Gasteiger partial charge is 0.258 e. The maximum Gasteiger partial charge on any atom is 0.258 e. The number of aliphatic hydroxyl groups is 1. The Hall–Kier alpha value is -2.70. The van der Waals surface area contributed by atoms with Crippen molar-refractivity contribution >= 4 is 12.0 Å². The van der Waals surface area contributed by atoms with Gasteiger partial charge < -0.3 is 15.0 Å². The van der Waals surface area contributed by atoms with Crippen LogP contribution in [-0.4, -0.2) is 39.7 Å². The Balaban J connectivity index is 1.53. The molecule has 0 bridgehead atoms. The summed E-state index contributed by atoms with van der Waals surface area (Å²) >= 11 is 0. The van der Waals surface area contributed by atoms with E-state index in [1.165, 1.54) is 12.8 Å². The average molecular weight is 434 g/mol. The number of pyridine rings is 1. The second-order valence-electron chi connectivity index (χ2n) is 9.38. The number of carbonyl (C=O) groups excluding carboxylic acids is 1. The monoisotopic (exact) mass is 433 g/mol. The van der Waals surface area contributed by atoms with Crippen molar-refractivity contribution in [2.75, 3.05) is 13.2 Å². The van der Waals surface area contributed by atoms with Gasteiger partial charge in [0.15, 0.2) is 0 Å². The fourth-order valence-corrected chi connectivity index (χ4v) is 5.57. The van der Waals surface area contributed by atoms with Crippen LogP contribution in [0.3, 0.4) is 0 Å². The van der Waals surface area contributed by atoms with E-state index in [1.54, 1.807) is 0 Å². The van der Waals surface area contributed by atoms with Crippen LogP contribution in [-0.2, 0) is 17.9 Å². The molecule has 32 heavy (non-hydrogen) atoms. The first-order chi connectivity index (χ1) is 15.6.